The Morgan fingerprint density at radius 2 is 2.00 bits per heavy atom. The highest BCUT2D eigenvalue weighted by atomic mass is 16.5. The zero-order chi connectivity index (χ0) is 13.0. The van der Waals surface area contributed by atoms with Crippen LogP contribution in [0.2, 0.25) is 0 Å². The van der Waals surface area contributed by atoms with Gasteiger partial charge in [-0.25, -0.2) is 0 Å². The maximum Gasteiger partial charge on any atom is 0.249 e. The molecular weight excluding hydrogens is 232 g/mol. The first-order valence-electron chi connectivity index (χ1n) is 5.52. The van der Waals surface area contributed by atoms with Crippen molar-refractivity contribution in [3.8, 4) is 17.5 Å². The first-order valence-corrected chi connectivity index (χ1v) is 5.52. The lowest BCUT2D eigenvalue weighted by Gasteiger charge is -2.12. The lowest BCUT2D eigenvalue weighted by atomic mass is 10.4. The Bertz CT molecular complexity index is 517. The summed E-state index contributed by atoms with van der Waals surface area (Å²) in [4.78, 5) is 11.9. The second-order valence-corrected chi connectivity index (χ2v) is 3.86. The van der Waals surface area contributed by atoms with Gasteiger partial charge in [0.15, 0.2) is 5.69 Å². The van der Waals surface area contributed by atoms with E-state index < -0.39 is 0 Å². The Balaban J connectivity index is 2.23. The van der Waals surface area contributed by atoms with Crippen molar-refractivity contribution in [3.63, 3.8) is 0 Å². The average molecular weight is 246 g/mol. The van der Waals surface area contributed by atoms with Crippen LogP contribution in [0.3, 0.4) is 0 Å². The van der Waals surface area contributed by atoms with E-state index in [4.69, 9.17) is 15.2 Å². The number of rotatable bonds is 4. The van der Waals surface area contributed by atoms with Gasteiger partial charge in [0.05, 0.1) is 12.3 Å². The minimum absolute atomic E-state index is 0.0200. The van der Waals surface area contributed by atoms with Crippen molar-refractivity contribution >= 4 is 5.69 Å². The Morgan fingerprint density at radius 3 is 2.67 bits per heavy atom. The molecular formula is C12H14N4O2. The highest BCUT2D eigenvalue weighted by molar-refractivity contribution is 5.56. The number of pyridine rings is 1. The molecule has 0 amide bonds. The number of hydrogen-bond acceptors (Lipinski definition) is 6. The topological polar surface area (TPSA) is 83.2 Å². The van der Waals surface area contributed by atoms with E-state index in [1.54, 1.807) is 24.5 Å². The number of ether oxygens (including phenoxy) is 2. The summed E-state index contributed by atoms with van der Waals surface area (Å²) >= 11 is 0. The van der Waals surface area contributed by atoms with Crippen LogP contribution >= 0.6 is 0 Å². The van der Waals surface area contributed by atoms with Crippen LogP contribution in [0, 0.1) is 0 Å². The SMILES string of the molecule is CC(C)Oc1ncnc(Oc2cccnc2)c1N. The normalized spacial score (nSPS) is 10.4. The Morgan fingerprint density at radius 1 is 1.22 bits per heavy atom. The lowest BCUT2D eigenvalue weighted by molar-refractivity contribution is 0.232. The van der Waals surface area contributed by atoms with E-state index >= 15 is 0 Å². The van der Waals surface area contributed by atoms with E-state index in [2.05, 4.69) is 15.0 Å². The fraction of sp³-hybridized carbons (Fsp3) is 0.250. The molecule has 0 aliphatic heterocycles. The predicted molar refractivity (Wildman–Crippen MR) is 66.5 cm³/mol. The third kappa shape index (κ3) is 2.85. The molecule has 0 unspecified atom stereocenters. The summed E-state index contributed by atoms with van der Waals surface area (Å²) in [7, 11) is 0. The standard InChI is InChI=1S/C12H14N4O2/c1-8(2)17-11-10(13)12(16-7-15-11)18-9-4-3-5-14-6-9/h3-8H,13H2,1-2H3. The third-order valence-electron chi connectivity index (χ3n) is 2.01. The van der Waals surface area contributed by atoms with Crippen molar-refractivity contribution < 1.29 is 9.47 Å². The minimum atomic E-state index is -0.0200. The number of hydrogen-bond donors (Lipinski definition) is 1. The van der Waals surface area contributed by atoms with Gasteiger partial charge in [0, 0.05) is 6.20 Å². The maximum absolute atomic E-state index is 5.88. The Kier molecular flexibility index (Phi) is 3.57. The molecule has 2 N–H and O–H groups in total. The van der Waals surface area contributed by atoms with Crippen LogP contribution < -0.4 is 15.2 Å². The van der Waals surface area contributed by atoms with Gasteiger partial charge in [-0.3, -0.25) is 4.98 Å². The first-order chi connectivity index (χ1) is 8.66. The fourth-order valence-corrected chi connectivity index (χ4v) is 1.28. The molecule has 0 radical (unpaired) electrons. The number of anilines is 1. The molecule has 0 atom stereocenters. The zero-order valence-electron chi connectivity index (χ0n) is 10.2. The van der Waals surface area contributed by atoms with Gasteiger partial charge in [-0.1, -0.05) is 0 Å². The van der Waals surface area contributed by atoms with Crippen LogP contribution in [0.25, 0.3) is 0 Å². The molecule has 0 saturated carbocycles. The van der Waals surface area contributed by atoms with Crippen LogP contribution in [0.4, 0.5) is 5.69 Å². The molecule has 2 aromatic heterocycles. The Hall–Kier alpha value is -2.37. The zero-order valence-corrected chi connectivity index (χ0v) is 10.2. The predicted octanol–water partition coefficient (Wildman–Crippen LogP) is 2.03. The van der Waals surface area contributed by atoms with E-state index in [9.17, 15) is 0 Å². The fourth-order valence-electron chi connectivity index (χ4n) is 1.28. The molecule has 0 fully saturated rings. The molecule has 6 heteroatoms. The van der Waals surface area contributed by atoms with Crippen LogP contribution in [-0.4, -0.2) is 21.1 Å². The summed E-state index contributed by atoms with van der Waals surface area (Å²) in [5.74, 6) is 1.13. The summed E-state index contributed by atoms with van der Waals surface area (Å²) in [6.07, 6.45) is 4.56. The molecule has 0 saturated heterocycles. The van der Waals surface area contributed by atoms with Crippen molar-refractivity contribution in [2.24, 2.45) is 0 Å². The largest absolute Gasteiger partial charge is 0.473 e. The van der Waals surface area contributed by atoms with Crippen molar-refractivity contribution in [1.82, 2.24) is 15.0 Å². The van der Waals surface area contributed by atoms with E-state index in [1.165, 1.54) is 6.33 Å². The van der Waals surface area contributed by atoms with Crippen LogP contribution in [-0.2, 0) is 0 Å². The average Bonchev–Trinajstić information content (AvgIpc) is 2.35. The molecule has 0 spiro atoms. The molecule has 0 aromatic carbocycles. The summed E-state index contributed by atoms with van der Waals surface area (Å²) in [5.41, 5.74) is 6.16. The van der Waals surface area contributed by atoms with Crippen LogP contribution in [0.15, 0.2) is 30.9 Å². The molecule has 2 heterocycles. The molecule has 0 aliphatic rings. The summed E-state index contributed by atoms with van der Waals surface area (Å²) in [5, 5.41) is 0. The Labute approximate surface area is 105 Å². The van der Waals surface area contributed by atoms with E-state index in [-0.39, 0.29) is 17.7 Å². The smallest absolute Gasteiger partial charge is 0.249 e. The molecule has 0 aliphatic carbocycles. The number of nitrogens with zero attached hydrogens (tertiary/aromatic N) is 3. The summed E-state index contributed by atoms with van der Waals surface area (Å²) in [6.45, 7) is 3.78. The van der Waals surface area contributed by atoms with Gasteiger partial charge in [-0.2, -0.15) is 9.97 Å². The van der Waals surface area contributed by atoms with E-state index in [1.807, 2.05) is 13.8 Å². The third-order valence-corrected chi connectivity index (χ3v) is 2.01. The van der Waals surface area contributed by atoms with Crippen LogP contribution in [0.1, 0.15) is 13.8 Å². The van der Waals surface area contributed by atoms with Crippen LogP contribution in [0.5, 0.6) is 17.5 Å². The van der Waals surface area contributed by atoms with Gasteiger partial charge >= 0.3 is 0 Å². The minimum Gasteiger partial charge on any atom is -0.473 e. The first kappa shape index (κ1) is 12.1. The van der Waals surface area contributed by atoms with Gasteiger partial charge in [-0.05, 0) is 26.0 Å². The van der Waals surface area contributed by atoms with Crippen molar-refractivity contribution in [1.29, 1.82) is 0 Å². The monoisotopic (exact) mass is 246 g/mol. The van der Waals surface area contributed by atoms with Gasteiger partial charge < -0.3 is 15.2 Å². The van der Waals surface area contributed by atoms with Gasteiger partial charge in [0.1, 0.15) is 12.1 Å². The van der Waals surface area contributed by atoms with Gasteiger partial charge in [0.2, 0.25) is 11.8 Å². The second-order valence-electron chi connectivity index (χ2n) is 3.86. The number of nitrogen functional groups attached to an aromatic ring is 1. The van der Waals surface area contributed by atoms with Gasteiger partial charge in [0.25, 0.3) is 0 Å². The number of aromatic nitrogens is 3. The van der Waals surface area contributed by atoms with Crippen molar-refractivity contribution in [2.75, 3.05) is 5.73 Å². The molecule has 6 nitrogen and oxygen atoms in total. The van der Waals surface area contributed by atoms with Crippen molar-refractivity contribution in [3.05, 3.63) is 30.9 Å². The lowest BCUT2D eigenvalue weighted by Crippen LogP contribution is -2.10. The van der Waals surface area contributed by atoms with Gasteiger partial charge in [-0.15, -0.1) is 0 Å². The number of nitrogens with two attached hydrogens (primary N) is 1. The summed E-state index contributed by atoms with van der Waals surface area (Å²) in [6, 6.07) is 3.52. The summed E-state index contributed by atoms with van der Waals surface area (Å²) < 4.78 is 11.0. The highest BCUT2D eigenvalue weighted by Crippen LogP contribution is 2.30. The molecule has 0 bridgehead atoms. The molecule has 94 valence electrons. The van der Waals surface area contributed by atoms with E-state index in [0.29, 0.717) is 11.6 Å². The van der Waals surface area contributed by atoms with Crippen molar-refractivity contribution in [2.45, 2.75) is 20.0 Å². The maximum atomic E-state index is 5.88. The molecule has 2 aromatic rings. The molecule has 18 heavy (non-hydrogen) atoms. The highest BCUT2D eigenvalue weighted by Gasteiger charge is 2.12. The molecule has 2 rings (SSSR count). The van der Waals surface area contributed by atoms with E-state index in [0.717, 1.165) is 0 Å². The quantitative estimate of drug-likeness (QED) is 0.888. The second kappa shape index (κ2) is 5.31.